The number of hydrogen-bond donors (Lipinski definition) is 7. The van der Waals surface area contributed by atoms with Crippen LogP contribution in [0.25, 0.3) is 6.08 Å². The Bertz CT molecular complexity index is 4120. The van der Waals surface area contributed by atoms with Crippen molar-refractivity contribution in [2.45, 2.75) is 148 Å². The number of alkyl carbamates (subject to hydrolysis) is 1. The third-order valence-electron chi connectivity index (χ3n) is 18.3. The number of carbonyl (C=O) groups excluding carboxylic acids is 7. The van der Waals surface area contributed by atoms with Crippen molar-refractivity contribution in [3.63, 3.8) is 0 Å². The van der Waals surface area contributed by atoms with Crippen LogP contribution in [0.4, 0.5) is 43.9 Å². The minimum absolute atomic E-state index is 0.0321. The topological polar surface area (TPSA) is 432 Å². The molecule has 33 nitrogen and oxygen atoms in total. The Kier molecular flexibility index (Phi) is 37.9. The number of aliphatic carboxylic acids is 1. The molecule has 0 aliphatic carbocycles. The second-order valence-electron chi connectivity index (χ2n) is 27.2. The highest BCUT2D eigenvalue weighted by atomic mass is 19.2. The van der Waals surface area contributed by atoms with E-state index in [0.29, 0.717) is 118 Å². The summed E-state index contributed by atoms with van der Waals surface area (Å²) in [4.78, 5) is 116. The van der Waals surface area contributed by atoms with Gasteiger partial charge in [-0.3, -0.25) is 28.8 Å². The molecule has 8 rings (SSSR count). The predicted octanol–water partition coefficient (Wildman–Crippen LogP) is 6.36. The average Bonchev–Trinajstić information content (AvgIpc) is 1.07. The van der Waals surface area contributed by atoms with Crippen molar-refractivity contribution in [3.05, 3.63) is 124 Å². The predicted molar refractivity (Wildman–Crippen MR) is 402 cm³/mol. The Balaban J connectivity index is 0.638. The molecule has 2 fully saturated rings. The molecule has 3 aromatic carbocycles. The summed E-state index contributed by atoms with van der Waals surface area (Å²) in [5, 5.41) is 54.1. The molecule has 0 saturated carbocycles. The highest BCUT2D eigenvalue weighted by Gasteiger charge is 2.48. The molecule has 5 atom stereocenters. The van der Waals surface area contributed by atoms with E-state index < -0.39 is 95.9 Å². The first-order valence-electron chi connectivity index (χ1n) is 38.2. The first-order chi connectivity index (χ1) is 55.9. The average molecular weight is 1640 g/mol. The smallest absolute Gasteiger partial charge is 0.407 e. The van der Waals surface area contributed by atoms with E-state index in [2.05, 4.69) is 40.6 Å². The number of benzene rings is 3. The highest BCUT2D eigenvalue weighted by molar-refractivity contribution is 6.06. The number of piperidine rings is 1. The van der Waals surface area contributed by atoms with Gasteiger partial charge in [-0.1, -0.05) is 43.3 Å². The first kappa shape index (κ1) is 91.7. The number of Topliss-reactive ketones (excluding diaryl/α,β-unsaturated/α-hetero) is 3. The third kappa shape index (κ3) is 29.1. The second-order valence-corrected chi connectivity index (χ2v) is 27.2. The highest BCUT2D eigenvalue weighted by Crippen LogP contribution is 2.34. The van der Waals surface area contributed by atoms with Gasteiger partial charge in [0.05, 0.1) is 123 Å². The van der Waals surface area contributed by atoms with E-state index in [1.807, 2.05) is 37.0 Å². The second kappa shape index (κ2) is 48.0. The van der Waals surface area contributed by atoms with E-state index in [4.69, 9.17) is 53.1 Å². The SMILES string of the molecule is CCCN(CCC)C(=O)C1=Cc2ccc(C(=O)Cc3ccc(N4CCC(C(=O)CCCNC(=O)OCc5ccc(O[C@@H]6O[C@H](C(=O)O)C(O)[C@H](O)C6O)c(NC(=O)CCCC(=O)CCOCCOCCOCCOCCOCCOCc6cn(CCOCCC(=O)Oc7c(F)c(F)c(F)c(F)c7F)nn6)c5)CC4)nc3)cc2N=C(N)C1. The lowest BCUT2D eigenvalue weighted by Gasteiger charge is -2.38. The largest absolute Gasteiger partial charge is 0.479 e. The van der Waals surface area contributed by atoms with Gasteiger partial charge in [0.2, 0.25) is 52.9 Å². The van der Waals surface area contributed by atoms with Crippen molar-refractivity contribution in [3.8, 4) is 11.5 Å². The molecule has 2 saturated heterocycles. The molecular formula is C78H99F5N10O23. The van der Waals surface area contributed by atoms with Crippen molar-refractivity contribution < 1.29 is 133 Å². The molecule has 5 heterocycles. The number of aliphatic imine (C=N–C) groups is 1. The summed E-state index contributed by atoms with van der Waals surface area (Å²) in [6.45, 7) is 9.32. The van der Waals surface area contributed by atoms with Crippen LogP contribution in [0.1, 0.15) is 124 Å². The van der Waals surface area contributed by atoms with Crippen molar-refractivity contribution in [1.29, 1.82) is 0 Å². The molecule has 2 aromatic heterocycles. The molecule has 0 bridgehead atoms. The number of aromatic nitrogens is 4. The Morgan fingerprint density at radius 2 is 1.30 bits per heavy atom. The number of esters is 1. The number of carboxylic acids is 1. The quantitative estimate of drug-likeness (QED) is 0.00423. The van der Waals surface area contributed by atoms with E-state index in [0.717, 1.165) is 24.2 Å². The van der Waals surface area contributed by atoms with Crippen LogP contribution in [-0.2, 0) is 97.6 Å². The molecule has 5 aromatic rings. The number of aliphatic hydroxyl groups is 3. The van der Waals surface area contributed by atoms with Gasteiger partial charge >= 0.3 is 18.0 Å². The number of carbonyl (C=O) groups is 8. The summed E-state index contributed by atoms with van der Waals surface area (Å²) in [5.74, 6) is -16.2. The number of amides is 3. The van der Waals surface area contributed by atoms with Crippen molar-refractivity contribution >= 4 is 76.3 Å². The number of nitrogens with two attached hydrogens (primary N) is 1. The molecule has 2 unspecified atom stereocenters. The summed E-state index contributed by atoms with van der Waals surface area (Å²) in [6.07, 6.45) is -2.18. The Morgan fingerprint density at radius 3 is 1.95 bits per heavy atom. The lowest BCUT2D eigenvalue weighted by molar-refractivity contribution is -0.271. The van der Waals surface area contributed by atoms with Gasteiger partial charge in [0.1, 0.15) is 59.6 Å². The van der Waals surface area contributed by atoms with Crippen LogP contribution in [0.2, 0.25) is 0 Å². The van der Waals surface area contributed by atoms with Gasteiger partial charge in [-0.25, -0.2) is 37.4 Å². The van der Waals surface area contributed by atoms with Gasteiger partial charge in [0.15, 0.2) is 11.9 Å². The summed E-state index contributed by atoms with van der Waals surface area (Å²) in [6, 6.07) is 13.1. The maximum absolute atomic E-state index is 13.7. The number of halogens is 5. The molecule has 634 valence electrons. The molecule has 3 aliphatic rings. The monoisotopic (exact) mass is 1640 g/mol. The molecule has 38 heteroatoms. The van der Waals surface area contributed by atoms with Crippen LogP contribution in [0.15, 0.2) is 71.5 Å². The zero-order chi connectivity index (χ0) is 83.5. The lowest BCUT2D eigenvalue weighted by atomic mass is 9.90. The molecular weight excluding hydrogens is 1540 g/mol. The number of fused-ring (bicyclic) bond motifs is 1. The Morgan fingerprint density at radius 1 is 0.672 bits per heavy atom. The summed E-state index contributed by atoms with van der Waals surface area (Å²) < 4.78 is 128. The Hall–Kier alpha value is -9.87. The van der Waals surface area contributed by atoms with E-state index in [1.165, 1.54) is 22.9 Å². The van der Waals surface area contributed by atoms with Crippen molar-refractivity contribution in [2.75, 3.05) is 129 Å². The summed E-state index contributed by atoms with van der Waals surface area (Å²) in [7, 11) is 0. The molecule has 3 amide bonds. The van der Waals surface area contributed by atoms with E-state index in [9.17, 15) is 80.7 Å². The fourth-order valence-corrected chi connectivity index (χ4v) is 12.2. The minimum Gasteiger partial charge on any atom is -0.479 e. The van der Waals surface area contributed by atoms with Crippen LogP contribution in [0.5, 0.6) is 11.5 Å². The van der Waals surface area contributed by atoms with Gasteiger partial charge in [0.25, 0.3) is 0 Å². The minimum atomic E-state index is -2.38. The number of rotatable bonds is 51. The number of pyridine rings is 1. The maximum atomic E-state index is 13.7. The normalized spacial score (nSPS) is 16.8. The maximum Gasteiger partial charge on any atom is 0.407 e. The number of ether oxygens (including phenoxy) is 11. The van der Waals surface area contributed by atoms with Crippen LogP contribution >= 0.6 is 0 Å². The van der Waals surface area contributed by atoms with Crippen LogP contribution < -0.4 is 30.7 Å². The number of anilines is 2. The van der Waals surface area contributed by atoms with Gasteiger partial charge < -0.3 is 98.7 Å². The number of nitrogens with one attached hydrogen (secondary N) is 2. The molecule has 3 aliphatic heterocycles. The number of nitrogens with zero attached hydrogens (tertiary/aromatic N) is 7. The van der Waals surface area contributed by atoms with E-state index in [-0.39, 0.29) is 165 Å². The van der Waals surface area contributed by atoms with Crippen LogP contribution in [0.3, 0.4) is 0 Å². The molecule has 0 radical (unpaired) electrons. The number of ketones is 3. The van der Waals surface area contributed by atoms with Gasteiger partial charge in [-0.05, 0) is 80.0 Å². The van der Waals surface area contributed by atoms with E-state index >= 15 is 0 Å². The molecule has 116 heavy (non-hydrogen) atoms. The summed E-state index contributed by atoms with van der Waals surface area (Å²) in [5.41, 5.74) is 10.0. The van der Waals surface area contributed by atoms with E-state index in [1.54, 1.807) is 30.6 Å². The molecule has 0 spiro atoms. The first-order valence-corrected chi connectivity index (χ1v) is 38.2. The fourth-order valence-electron chi connectivity index (χ4n) is 12.2. The van der Waals surface area contributed by atoms with Crippen LogP contribution in [0, 0.1) is 35.0 Å². The van der Waals surface area contributed by atoms with Crippen LogP contribution in [-0.4, -0.2) is 248 Å². The van der Waals surface area contributed by atoms with Gasteiger partial charge in [-0.2, -0.15) is 8.78 Å². The third-order valence-corrected chi connectivity index (χ3v) is 18.3. The van der Waals surface area contributed by atoms with Gasteiger partial charge in [0, 0.05) is 100 Å². The lowest BCUT2D eigenvalue weighted by Crippen LogP contribution is -2.61. The van der Waals surface area contributed by atoms with Crippen molar-refractivity contribution in [2.24, 2.45) is 16.6 Å². The summed E-state index contributed by atoms with van der Waals surface area (Å²) >= 11 is 0. The molecule has 8 N–H and O–H groups in total. The number of amidine groups is 1. The number of hydrogen-bond acceptors (Lipinski definition) is 28. The standard InChI is InChI=1S/C78H99F5N10O23/c1-3-21-92(22-4-2)75(102)53-41-51-12-13-52(42-56(51)87-61(84)43-53)59(96)40-48-11-15-62(86-44-48)91-23-16-50(17-24-91)58(95)8-6-20-85-78(105)113-46-49-10-14-60(114-77-72(101)70(99)71(100)74(116-77)76(103)104)57(39-49)88-63(97)9-5-7-55(94)18-26-107-29-30-108-31-32-109-33-34-110-35-36-111-37-38-112-47-54-45-93(90-89-54)25-28-106-27-19-64(98)115-73-68(82)66(80)65(79)67(81)69(73)83/h10-15,39,41-42,44-45,50,70-72,74,77,99-101H,3-9,16-38,40,43,46-47H2,1-2H3,(H2,84,87)(H,85,105)(H,88,97)(H,103,104)/t70-,71?,72?,74-,77+/m0/s1. The zero-order valence-corrected chi connectivity index (χ0v) is 64.5. The zero-order valence-electron chi connectivity index (χ0n) is 64.5. The van der Waals surface area contributed by atoms with Gasteiger partial charge in [-0.15, -0.1) is 5.10 Å². The number of carboxylic acid groups (broad SMARTS) is 1. The Labute approximate surface area is 665 Å². The van der Waals surface area contributed by atoms with Crippen molar-refractivity contribution in [1.82, 2.24) is 30.2 Å². The fraction of sp³-hybridized carbons (Fsp3) is 0.538. The number of aliphatic hydroxyl groups excluding tert-OH is 3.